The van der Waals surface area contributed by atoms with Crippen molar-refractivity contribution < 1.29 is 32.8 Å². The SMILES string of the molecule is CC(C)CC(=O)O.CCC[CH2][Sn](=[O])[CH2]CCC.Cc1ccccc1C.O=C(O)CCCCC(=O)O. The smallest absolute Gasteiger partial charge is 0.303 e. The van der Waals surface area contributed by atoms with Gasteiger partial charge >= 0.3 is 89.1 Å². The van der Waals surface area contributed by atoms with Crippen LogP contribution in [0.15, 0.2) is 24.3 Å². The molecule has 35 heavy (non-hydrogen) atoms. The molecule has 0 aliphatic rings. The first-order valence-corrected chi connectivity index (χ1v) is 17.8. The normalized spacial score (nSPS) is 9.46. The summed E-state index contributed by atoms with van der Waals surface area (Å²) in [4.78, 5) is 29.6. The van der Waals surface area contributed by atoms with Gasteiger partial charge in [-0.25, -0.2) is 0 Å². The minimum absolute atomic E-state index is 0.0628. The maximum atomic E-state index is 11.2. The van der Waals surface area contributed by atoms with E-state index in [0.717, 1.165) is 8.87 Å². The predicted octanol–water partition coefficient (Wildman–Crippen LogP) is 7.15. The van der Waals surface area contributed by atoms with Crippen LogP contribution in [0.2, 0.25) is 8.87 Å². The summed E-state index contributed by atoms with van der Waals surface area (Å²) in [5.41, 5.74) is 2.74. The van der Waals surface area contributed by atoms with Crippen LogP contribution in [-0.2, 0) is 17.5 Å². The quantitative estimate of drug-likeness (QED) is 0.161. The van der Waals surface area contributed by atoms with Gasteiger partial charge < -0.3 is 15.3 Å². The van der Waals surface area contributed by atoms with Crippen molar-refractivity contribution in [2.45, 2.75) is 108 Å². The molecule has 0 spiro atoms. The van der Waals surface area contributed by atoms with Crippen LogP contribution >= 0.6 is 0 Å². The minimum atomic E-state index is -1.99. The van der Waals surface area contributed by atoms with Crippen LogP contribution in [-0.4, -0.2) is 53.0 Å². The molecule has 1 rings (SSSR count). The van der Waals surface area contributed by atoms with Gasteiger partial charge in [-0.2, -0.15) is 0 Å². The van der Waals surface area contributed by atoms with Gasteiger partial charge in [0.25, 0.3) is 0 Å². The van der Waals surface area contributed by atoms with Crippen molar-refractivity contribution in [1.29, 1.82) is 0 Å². The Kier molecular flexibility index (Phi) is 29.0. The van der Waals surface area contributed by atoms with Gasteiger partial charge in [0, 0.05) is 19.3 Å². The van der Waals surface area contributed by atoms with E-state index in [1.54, 1.807) is 0 Å². The molecular formula is C27H48O7Sn. The van der Waals surface area contributed by atoms with E-state index in [4.69, 9.17) is 15.3 Å². The number of carbonyl (C=O) groups is 3. The van der Waals surface area contributed by atoms with Gasteiger partial charge in [0.1, 0.15) is 0 Å². The van der Waals surface area contributed by atoms with Crippen molar-refractivity contribution >= 4 is 37.7 Å². The van der Waals surface area contributed by atoms with Gasteiger partial charge in [-0.3, -0.25) is 14.4 Å². The molecule has 0 fully saturated rings. The largest absolute Gasteiger partial charge is 0.481 e. The van der Waals surface area contributed by atoms with Crippen molar-refractivity contribution in [2.24, 2.45) is 5.92 Å². The summed E-state index contributed by atoms with van der Waals surface area (Å²) in [6, 6.07) is 8.36. The Labute approximate surface area is 219 Å². The maximum absolute atomic E-state index is 11.2. The molecule has 0 radical (unpaired) electrons. The zero-order chi connectivity index (χ0) is 27.6. The summed E-state index contributed by atoms with van der Waals surface area (Å²) >= 11 is -1.99. The average Bonchev–Trinajstić information content (AvgIpc) is 2.76. The molecule has 7 nitrogen and oxygen atoms in total. The molecule has 0 heterocycles. The number of rotatable bonds is 13. The minimum Gasteiger partial charge on any atom is -0.481 e. The maximum Gasteiger partial charge on any atom is 0.303 e. The third-order valence-corrected chi connectivity index (χ3v) is 9.86. The Bertz CT molecular complexity index is 656. The molecule has 0 amide bonds. The van der Waals surface area contributed by atoms with Crippen molar-refractivity contribution in [3.63, 3.8) is 0 Å². The Morgan fingerprint density at radius 3 is 1.31 bits per heavy atom. The number of benzene rings is 1. The van der Waals surface area contributed by atoms with E-state index < -0.39 is 37.7 Å². The molecule has 1 aromatic carbocycles. The summed E-state index contributed by atoms with van der Waals surface area (Å²) in [6.45, 7) is 12.3. The molecule has 0 atom stereocenters. The van der Waals surface area contributed by atoms with E-state index in [2.05, 4.69) is 52.0 Å². The second-order valence-electron chi connectivity index (χ2n) is 8.82. The number of carboxylic acids is 3. The van der Waals surface area contributed by atoms with E-state index in [1.165, 1.54) is 36.8 Å². The van der Waals surface area contributed by atoms with E-state index in [0.29, 0.717) is 12.8 Å². The monoisotopic (exact) mass is 604 g/mol. The Morgan fingerprint density at radius 1 is 0.743 bits per heavy atom. The second-order valence-corrected chi connectivity index (χ2v) is 14.7. The number of hydrogen-bond donors (Lipinski definition) is 3. The van der Waals surface area contributed by atoms with Gasteiger partial charge in [-0.15, -0.1) is 0 Å². The zero-order valence-corrected chi connectivity index (χ0v) is 25.5. The topological polar surface area (TPSA) is 129 Å². The second kappa shape index (κ2) is 26.8. The molecule has 3 N–H and O–H groups in total. The zero-order valence-electron chi connectivity index (χ0n) is 22.6. The number of hydrogen-bond acceptors (Lipinski definition) is 4. The standard InChI is InChI=1S/C8H10.C6H10O4.C5H10O2.2C4H9.O.Sn/c1-7-5-3-4-6-8(7)2;7-5(8)3-1-2-4-6(9)10;1-4(2)3-5(6)7;2*1-3-4-2;;/h3-6H,1-2H3;1-4H2,(H,7,8)(H,9,10);4H,3H2,1-2H3,(H,6,7);2*1,3-4H2,2H3;;. The van der Waals surface area contributed by atoms with Crippen molar-refractivity contribution in [1.82, 2.24) is 0 Å². The van der Waals surface area contributed by atoms with Gasteiger partial charge in [-0.1, -0.05) is 38.1 Å². The molecule has 0 saturated carbocycles. The fourth-order valence-corrected chi connectivity index (χ4v) is 7.42. The van der Waals surface area contributed by atoms with Crippen LogP contribution in [0.3, 0.4) is 0 Å². The van der Waals surface area contributed by atoms with Crippen molar-refractivity contribution in [3.05, 3.63) is 35.4 Å². The molecule has 0 saturated heterocycles. The molecular weight excluding hydrogens is 555 g/mol. The van der Waals surface area contributed by atoms with Crippen LogP contribution < -0.4 is 0 Å². The van der Waals surface area contributed by atoms with Gasteiger partial charge in [-0.05, 0) is 43.7 Å². The first-order chi connectivity index (χ1) is 16.4. The average molecular weight is 603 g/mol. The van der Waals surface area contributed by atoms with E-state index in [-0.39, 0.29) is 25.2 Å². The molecule has 0 aliphatic carbocycles. The summed E-state index contributed by atoms with van der Waals surface area (Å²) in [7, 11) is 0. The van der Waals surface area contributed by atoms with Crippen LogP contribution in [0.4, 0.5) is 0 Å². The fourth-order valence-electron chi connectivity index (χ4n) is 2.44. The number of unbranched alkanes of at least 4 members (excludes halogenated alkanes) is 3. The molecule has 202 valence electrons. The van der Waals surface area contributed by atoms with E-state index in [1.807, 2.05) is 13.8 Å². The van der Waals surface area contributed by atoms with Gasteiger partial charge in [0.2, 0.25) is 0 Å². The van der Waals surface area contributed by atoms with Crippen LogP contribution in [0.25, 0.3) is 0 Å². The van der Waals surface area contributed by atoms with E-state index >= 15 is 0 Å². The molecule has 0 aromatic heterocycles. The van der Waals surface area contributed by atoms with Crippen molar-refractivity contribution in [3.8, 4) is 0 Å². The first-order valence-electron chi connectivity index (χ1n) is 12.6. The number of aliphatic carboxylic acids is 3. The van der Waals surface area contributed by atoms with Gasteiger partial charge in [0.05, 0.1) is 0 Å². The molecule has 8 heteroatoms. The fraction of sp³-hybridized carbons (Fsp3) is 0.667. The summed E-state index contributed by atoms with van der Waals surface area (Å²) < 4.78 is 13.4. The van der Waals surface area contributed by atoms with Crippen molar-refractivity contribution in [2.75, 3.05) is 0 Å². The molecule has 0 unspecified atom stereocenters. The molecule has 0 bridgehead atoms. The Balaban J connectivity index is -0.000000394. The van der Waals surface area contributed by atoms with E-state index in [9.17, 15) is 17.5 Å². The third kappa shape index (κ3) is 37.0. The molecule has 0 aliphatic heterocycles. The Hall–Kier alpha value is -1.77. The predicted molar refractivity (Wildman–Crippen MR) is 143 cm³/mol. The van der Waals surface area contributed by atoms with Crippen LogP contribution in [0, 0.1) is 19.8 Å². The van der Waals surface area contributed by atoms with Crippen LogP contribution in [0.5, 0.6) is 0 Å². The summed E-state index contributed by atoms with van der Waals surface area (Å²) in [5, 5.41) is 24.3. The Morgan fingerprint density at radius 2 is 1.11 bits per heavy atom. The molecule has 1 aromatic rings. The summed E-state index contributed by atoms with van der Waals surface area (Å²) in [6.07, 6.45) is 6.10. The number of carboxylic acid groups (broad SMARTS) is 3. The third-order valence-electron chi connectivity index (χ3n) is 4.66. The van der Waals surface area contributed by atoms with Gasteiger partial charge in [0.15, 0.2) is 0 Å². The number of aryl methyl sites for hydroxylation is 2. The summed E-state index contributed by atoms with van der Waals surface area (Å²) in [5.74, 6) is -2.18. The van der Waals surface area contributed by atoms with Crippen LogP contribution in [0.1, 0.15) is 96.6 Å². The first kappa shape index (κ1) is 37.8.